The number of anilines is 5. The average molecular weight is 595 g/mol. The molecule has 218 valence electrons. The number of aromatic nitrogens is 2. The van der Waals surface area contributed by atoms with Gasteiger partial charge in [0.25, 0.3) is 0 Å². The summed E-state index contributed by atoms with van der Waals surface area (Å²) < 4.78 is 19.2. The summed E-state index contributed by atoms with van der Waals surface area (Å²) in [6, 6.07) is 8.35. The maximum Gasteiger partial charge on any atom is 0.229 e. The number of rotatable bonds is 7. The third-order valence-electron chi connectivity index (χ3n) is 8.93. The molecule has 1 spiro atoms. The first-order valence-corrected chi connectivity index (χ1v) is 17.4. The molecule has 1 aromatic heterocycles. The Bertz CT molecular complexity index is 1520. The van der Waals surface area contributed by atoms with Crippen LogP contribution in [0.5, 0.6) is 5.75 Å². The third-order valence-corrected chi connectivity index (χ3v) is 10.8. The van der Waals surface area contributed by atoms with Crippen LogP contribution in [0.3, 0.4) is 0 Å². The van der Waals surface area contributed by atoms with E-state index in [1.165, 1.54) is 48.3 Å². The largest absolute Gasteiger partial charge is 0.494 e. The van der Waals surface area contributed by atoms with Crippen molar-refractivity contribution in [2.24, 2.45) is 5.41 Å². The molecule has 2 saturated heterocycles. The van der Waals surface area contributed by atoms with E-state index in [0.29, 0.717) is 22.2 Å². The molecule has 2 fully saturated rings. The zero-order valence-corrected chi connectivity index (χ0v) is 26.3. The van der Waals surface area contributed by atoms with Crippen LogP contribution in [0.25, 0.3) is 0 Å². The number of halogens is 1. The van der Waals surface area contributed by atoms with Gasteiger partial charge in [-0.1, -0.05) is 17.7 Å². The fourth-order valence-electron chi connectivity index (χ4n) is 7.05. The molecule has 3 aromatic rings. The molecule has 41 heavy (non-hydrogen) atoms. The fraction of sp³-hybridized carbons (Fsp3) is 0.484. The monoisotopic (exact) mass is 594 g/mol. The topological polar surface area (TPSA) is 82.6 Å². The number of piperidine rings is 1. The second-order valence-electron chi connectivity index (χ2n) is 12.4. The zero-order chi connectivity index (χ0) is 28.9. The number of methoxy groups -OCH3 is 1. The highest BCUT2D eigenvalue weighted by molar-refractivity contribution is 7.70. The Labute approximate surface area is 248 Å². The predicted molar refractivity (Wildman–Crippen MR) is 170 cm³/mol. The van der Waals surface area contributed by atoms with Crippen LogP contribution >= 0.6 is 18.7 Å². The average Bonchev–Trinajstić information content (AvgIpc) is 3.38. The van der Waals surface area contributed by atoms with Crippen molar-refractivity contribution in [3.8, 4) is 5.75 Å². The van der Waals surface area contributed by atoms with Crippen LogP contribution in [-0.2, 0) is 17.4 Å². The number of nitrogens with zero attached hydrogens (tertiary/aromatic N) is 4. The van der Waals surface area contributed by atoms with Crippen LogP contribution < -0.4 is 25.6 Å². The van der Waals surface area contributed by atoms with Crippen molar-refractivity contribution < 1.29 is 9.30 Å². The van der Waals surface area contributed by atoms with E-state index in [9.17, 15) is 4.57 Å². The van der Waals surface area contributed by atoms with Crippen LogP contribution in [0.4, 0.5) is 28.8 Å². The molecule has 0 saturated carbocycles. The first-order valence-electron chi connectivity index (χ1n) is 14.4. The molecule has 0 atom stereocenters. The maximum absolute atomic E-state index is 13.4. The predicted octanol–water partition coefficient (Wildman–Crippen LogP) is 6.20. The molecule has 1 aliphatic carbocycles. The number of hydrogen-bond donors (Lipinski definition) is 2. The Morgan fingerprint density at radius 2 is 1.83 bits per heavy atom. The van der Waals surface area contributed by atoms with Gasteiger partial charge in [-0.3, -0.25) is 0 Å². The van der Waals surface area contributed by atoms with Gasteiger partial charge in [0.2, 0.25) is 5.95 Å². The first kappa shape index (κ1) is 28.3. The SMILES string of the molecule is COc1cc(N2CCC3(CC2)CN(C)C3)c(C)cc1Nc1ncc(Cl)c(Nc2ccc3c(c2P(C)(C)=O)CCC3)n1. The highest BCUT2D eigenvalue weighted by atomic mass is 35.5. The maximum atomic E-state index is 13.4. The van der Waals surface area contributed by atoms with Gasteiger partial charge in [-0.05, 0) is 93.6 Å². The van der Waals surface area contributed by atoms with Crippen LogP contribution in [-0.4, -0.2) is 68.5 Å². The van der Waals surface area contributed by atoms with Gasteiger partial charge in [-0.15, -0.1) is 0 Å². The molecule has 0 amide bonds. The van der Waals surface area contributed by atoms with E-state index in [2.05, 4.69) is 57.6 Å². The van der Waals surface area contributed by atoms with E-state index in [-0.39, 0.29) is 0 Å². The van der Waals surface area contributed by atoms with Crippen LogP contribution in [0.1, 0.15) is 36.0 Å². The summed E-state index contributed by atoms with van der Waals surface area (Å²) >= 11 is 6.55. The van der Waals surface area contributed by atoms with Gasteiger partial charge in [0.1, 0.15) is 17.9 Å². The highest BCUT2D eigenvalue weighted by Crippen LogP contribution is 2.44. The summed E-state index contributed by atoms with van der Waals surface area (Å²) in [5.41, 5.74) is 6.97. The summed E-state index contributed by atoms with van der Waals surface area (Å²) in [5, 5.41) is 8.02. The number of fused-ring (bicyclic) bond motifs is 1. The number of benzene rings is 2. The molecular weight excluding hydrogens is 555 g/mol. The van der Waals surface area contributed by atoms with Crippen molar-refractivity contribution in [2.45, 2.75) is 39.0 Å². The lowest BCUT2D eigenvalue weighted by atomic mass is 9.72. The molecule has 0 bridgehead atoms. The molecule has 10 heteroatoms. The summed E-state index contributed by atoms with van der Waals surface area (Å²) in [7, 11) is 1.35. The summed E-state index contributed by atoms with van der Waals surface area (Å²) in [6.45, 7) is 10.3. The standard InChI is InChI=1S/C31H40ClN6O2P/c1-20-15-25(27(40-3)16-26(20)38-13-11-31(12-14-38)18-37(2)19-31)35-30-33-17-23(32)29(36-30)34-24-10-9-21-7-6-8-22(21)28(24)41(4,5)39/h9-10,15-17H,6-8,11-14,18-19H2,1-5H3,(H2,33,34,35,36). The van der Waals surface area contributed by atoms with E-state index < -0.39 is 7.14 Å². The van der Waals surface area contributed by atoms with E-state index in [0.717, 1.165) is 54.8 Å². The first-order chi connectivity index (χ1) is 19.5. The molecule has 2 aromatic carbocycles. The van der Waals surface area contributed by atoms with E-state index >= 15 is 0 Å². The number of aryl methyl sites for hydroxylation is 2. The van der Waals surface area contributed by atoms with Gasteiger partial charge in [0, 0.05) is 43.2 Å². The lowest BCUT2D eigenvalue weighted by Gasteiger charge is -2.53. The quantitative estimate of drug-likeness (QED) is 0.313. The minimum atomic E-state index is -2.54. The van der Waals surface area contributed by atoms with Crippen LogP contribution in [0, 0.1) is 12.3 Å². The highest BCUT2D eigenvalue weighted by Gasteiger charge is 2.43. The van der Waals surface area contributed by atoms with Gasteiger partial charge in [-0.2, -0.15) is 4.98 Å². The normalized spacial score (nSPS) is 18.2. The number of nitrogens with one attached hydrogen (secondary N) is 2. The second-order valence-corrected chi connectivity index (χ2v) is 16.0. The summed E-state index contributed by atoms with van der Waals surface area (Å²) in [5.74, 6) is 1.60. The minimum absolute atomic E-state index is 0.392. The molecule has 2 N–H and O–H groups in total. The van der Waals surface area contributed by atoms with Gasteiger partial charge in [0.15, 0.2) is 5.82 Å². The number of likely N-dealkylation sites (tertiary alicyclic amines) is 1. The molecular formula is C31H40ClN6O2P. The van der Waals surface area contributed by atoms with Crippen molar-refractivity contribution in [3.63, 3.8) is 0 Å². The zero-order valence-electron chi connectivity index (χ0n) is 24.7. The van der Waals surface area contributed by atoms with Gasteiger partial charge in [0.05, 0.1) is 24.7 Å². The molecule has 0 radical (unpaired) electrons. The van der Waals surface area contributed by atoms with E-state index in [1.54, 1.807) is 13.3 Å². The molecule has 2 aliphatic heterocycles. The fourth-order valence-corrected chi connectivity index (χ4v) is 8.80. The number of hydrogen-bond acceptors (Lipinski definition) is 8. The summed E-state index contributed by atoms with van der Waals surface area (Å²) in [4.78, 5) is 14.1. The van der Waals surface area contributed by atoms with Crippen molar-refractivity contribution >= 4 is 52.9 Å². The van der Waals surface area contributed by atoms with Crippen molar-refractivity contribution in [1.82, 2.24) is 14.9 Å². The van der Waals surface area contributed by atoms with Gasteiger partial charge < -0.3 is 29.7 Å². The van der Waals surface area contributed by atoms with Crippen molar-refractivity contribution in [3.05, 3.63) is 52.2 Å². The Morgan fingerprint density at radius 3 is 2.51 bits per heavy atom. The Hall–Kier alpha value is -2.80. The van der Waals surface area contributed by atoms with Gasteiger partial charge >= 0.3 is 0 Å². The lowest BCUT2D eigenvalue weighted by Crippen LogP contribution is -2.58. The Kier molecular flexibility index (Phi) is 7.46. The van der Waals surface area contributed by atoms with Gasteiger partial charge in [-0.25, -0.2) is 4.98 Å². The van der Waals surface area contributed by atoms with Crippen LogP contribution in [0.15, 0.2) is 30.5 Å². The molecule has 0 unspecified atom stereocenters. The molecule has 8 nitrogen and oxygen atoms in total. The molecule has 3 aliphatic rings. The smallest absolute Gasteiger partial charge is 0.229 e. The van der Waals surface area contributed by atoms with Crippen LogP contribution in [0.2, 0.25) is 5.02 Å². The van der Waals surface area contributed by atoms with Crippen molar-refractivity contribution in [2.75, 3.05) is 69.2 Å². The second kappa shape index (κ2) is 10.8. The van der Waals surface area contributed by atoms with Crippen molar-refractivity contribution in [1.29, 1.82) is 0 Å². The van der Waals surface area contributed by atoms with E-state index in [4.69, 9.17) is 21.3 Å². The van der Waals surface area contributed by atoms with E-state index in [1.807, 2.05) is 19.4 Å². The Morgan fingerprint density at radius 1 is 1.07 bits per heavy atom. The minimum Gasteiger partial charge on any atom is -0.494 e. The molecule has 6 rings (SSSR count). The number of ether oxygens (including phenoxy) is 1. The Balaban J connectivity index is 1.24. The third kappa shape index (κ3) is 5.54. The molecule has 3 heterocycles. The summed E-state index contributed by atoms with van der Waals surface area (Å²) in [6.07, 6.45) is 7.10. The lowest BCUT2D eigenvalue weighted by molar-refractivity contribution is 0.00130.